The number of hydrogen-bond donors (Lipinski definition) is 1. The van der Waals surface area contributed by atoms with Gasteiger partial charge < -0.3 is 5.32 Å². The van der Waals surface area contributed by atoms with E-state index in [1.54, 1.807) is 16.8 Å². The van der Waals surface area contributed by atoms with Crippen molar-refractivity contribution in [1.82, 2.24) is 14.8 Å². The van der Waals surface area contributed by atoms with Crippen molar-refractivity contribution in [2.24, 2.45) is 0 Å². The van der Waals surface area contributed by atoms with Gasteiger partial charge in [0.2, 0.25) is 5.95 Å². The topological polar surface area (TPSA) is 59.8 Å². The first-order valence-electron chi connectivity index (χ1n) is 8.33. The standard InChI is InChI=1S/C20H13Cl2FN4O/c21-14-6-5-13(16(22)10-14)11-27-17-4-2-1-3-15(17)19(26-27)25-20(28)12-7-8-24-18(23)9-12/h1-10H,11H2,(H,25,26,28). The Kier molecular flexibility index (Phi) is 4.98. The van der Waals surface area contributed by atoms with Gasteiger partial charge in [0.15, 0.2) is 5.82 Å². The van der Waals surface area contributed by atoms with Crippen molar-refractivity contribution < 1.29 is 9.18 Å². The van der Waals surface area contributed by atoms with E-state index in [0.29, 0.717) is 22.4 Å². The van der Waals surface area contributed by atoms with Crippen LogP contribution in [0.4, 0.5) is 10.2 Å². The molecular formula is C20H13Cl2FN4O. The molecular weight excluding hydrogens is 402 g/mol. The maximum Gasteiger partial charge on any atom is 0.257 e. The van der Waals surface area contributed by atoms with Gasteiger partial charge in [-0.1, -0.05) is 41.4 Å². The van der Waals surface area contributed by atoms with Gasteiger partial charge in [0, 0.05) is 33.3 Å². The molecule has 0 saturated heterocycles. The molecule has 1 N–H and O–H groups in total. The molecule has 2 aromatic heterocycles. The predicted molar refractivity (Wildman–Crippen MR) is 107 cm³/mol. The van der Waals surface area contributed by atoms with Crippen molar-refractivity contribution in [3.05, 3.63) is 87.9 Å². The van der Waals surface area contributed by atoms with Gasteiger partial charge in [-0.3, -0.25) is 9.48 Å². The van der Waals surface area contributed by atoms with Gasteiger partial charge in [0.1, 0.15) is 0 Å². The third kappa shape index (κ3) is 3.69. The number of rotatable bonds is 4. The zero-order valence-electron chi connectivity index (χ0n) is 14.4. The van der Waals surface area contributed by atoms with Crippen LogP contribution in [0.25, 0.3) is 10.9 Å². The maximum absolute atomic E-state index is 13.3. The van der Waals surface area contributed by atoms with Gasteiger partial charge in [-0.15, -0.1) is 0 Å². The van der Waals surface area contributed by atoms with E-state index in [1.165, 1.54) is 12.3 Å². The number of pyridine rings is 1. The molecule has 5 nitrogen and oxygen atoms in total. The summed E-state index contributed by atoms with van der Waals surface area (Å²) in [7, 11) is 0. The lowest BCUT2D eigenvalue weighted by atomic mass is 10.2. The number of halogens is 3. The van der Waals surface area contributed by atoms with E-state index >= 15 is 0 Å². The van der Waals surface area contributed by atoms with E-state index in [0.717, 1.165) is 22.5 Å². The number of hydrogen-bond acceptors (Lipinski definition) is 3. The summed E-state index contributed by atoms with van der Waals surface area (Å²) in [6.07, 6.45) is 1.24. The molecule has 2 heterocycles. The summed E-state index contributed by atoms with van der Waals surface area (Å²) in [6, 6.07) is 15.3. The number of carbonyl (C=O) groups excluding carboxylic acids is 1. The molecule has 0 atom stereocenters. The van der Waals surface area contributed by atoms with Gasteiger partial charge >= 0.3 is 0 Å². The second-order valence-electron chi connectivity index (χ2n) is 6.08. The van der Waals surface area contributed by atoms with Crippen LogP contribution in [0.15, 0.2) is 60.8 Å². The number of nitrogens with one attached hydrogen (secondary N) is 1. The lowest BCUT2D eigenvalue weighted by molar-refractivity contribution is 0.102. The molecule has 0 spiro atoms. The average Bonchev–Trinajstić information content (AvgIpc) is 3.01. The van der Waals surface area contributed by atoms with Crippen molar-refractivity contribution >= 4 is 45.8 Å². The molecule has 0 bridgehead atoms. The quantitative estimate of drug-likeness (QED) is 0.468. The molecule has 4 rings (SSSR count). The average molecular weight is 415 g/mol. The summed E-state index contributed by atoms with van der Waals surface area (Å²) >= 11 is 12.2. The molecule has 28 heavy (non-hydrogen) atoms. The smallest absolute Gasteiger partial charge is 0.257 e. The predicted octanol–water partition coefficient (Wildman–Crippen LogP) is 5.18. The van der Waals surface area contributed by atoms with Crippen molar-refractivity contribution in [3.63, 3.8) is 0 Å². The summed E-state index contributed by atoms with van der Waals surface area (Å²) in [4.78, 5) is 15.9. The molecule has 0 unspecified atom stereocenters. The number of amides is 1. The number of fused-ring (bicyclic) bond motifs is 1. The van der Waals surface area contributed by atoms with E-state index in [1.807, 2.05) is 30.3 Å². The van der Waals surface area contributed by atoms with E-state index in [9.17, 15) is 9.18 Å². The molecule has 0 radical (unpaired) electrons. The zero-order valence-corrected chi connectivity index (χ0v) is 15.9. The van der Waals surface area contributed by atoms with Crippen molar-refractivity contribution in [1.29, 1.82) is 0 Å². The van der Waals surface area contributed by atoms with Crippen molar-refractivity contribution in [2.45, 2.75) is 6.54 Å². The van der Waals surface area contributed by atoms with Crippen LogP contribution in [0.1, 0.15) is 15.9 Å². The largest absolute Gasteiger partial charge is 0.305 e. The van der Waals surface area contributed by atoms with Crippen LogP contribution in [-0.4, -0.2) is 20.7 Å². The molecule has 0 saturated carbocycles. The molecule has 2 aromatic carbocycles. The molecule has 0 aliphatic rings. The molecule has 4 aromatic rings. The summed E-state index contributed by atoms with van der Waals surface area (Å²) in [5, 5.41) is 9.10. The maximum atomic E-state index is 13.3. The van der Waals surface area contributed by atoms with Crippen LogP contribution in [0.3, 0.4) is 0 Å². The second kappa shape index (κ2) is 7.58. The Hall–Kier alpha value is -2.96. The Bertz CT molecular complexity index is 1190. The molecule has 1 amide bonds. The highest BCUT2D eigenvalue weighted by atomic mass is 35.5. The van der Waals surface area contributed by atoms with Crippen LogP contribution in [0.5, 0.6) is 0 Å². The minimum Gasteiger partial charge on any atom is -0.305 e. The van der Waals surface area contributed by atoms with Gasteiger partial charge in [0.05, 0.1) is 12.1 Å². The molecule has 140 valence electrons. The first-order chi connectivity index (χ1) is 13.5. The highest BCUT2D eigenvalue weighted by Crippen LogP contribution is 2.27. The second-order valence-corrected chi connectivity index (χ2v) is 6.92. The Morgan fingerprint density at radius 2 is 1.93 bits per heavy atom. The fourth-order valence-corrected chi connectivity index (χ4v) is 3.34. The Labute approximate surface area is 169 Å². The Morgan fingerprint density at radius 3 is 2.71 bits per heavy atom. The van der Waals surface area contributed by atoms with E-state index in [2.05, 4.69) is 15.4 Å². The number of carbonyl (C=O) groups is 1. The third-order valence-corrected chi connectivity index (χ3v) is 4.80. The number of aromatic nitrogens is 3. The summed E-state index contributed by atoms with van der Waals surface area (Å²) in [6.45, 7) is 0.399. The highest BCUT2D eigenvalue weighted by molar-refractivity contribution is 6.35. The van der Waals surface area contributed by atoms with Gasteiger partial charge in [-0.2, -0.15) is 9.49 Å². The molecule has 8 heteroatoms. The summed E-state index contributed by atoms with van der Waals surface area (Å²) < 4.78 is 15.0. The van der Waals surface area contributed by atoms with E-state index in [-0.39, 0.29) is 5.56 Å². The fraction of sp³-hybridized carbons (Fsp3) is 0.0500. The normalized spacial score (nSPS) is 11.0. The van der Waals surface area contributed by atoms with E-state index in [4.69, 9.17) is 23.2 Å². The fourth-order valence-electron chi connectivity index (χ4n) is 2.87. The monoisotopic (exact) mass is 414 g/mol. The SMILES string of the molecule is O=C(Nc1nn(Cc2ccc(Cl)cc2Cl)c2ccccc12)c1ccnc(F)c1. The summed E-state index contributed by atoms with van der Waals surface area (Å²) in [5.74, 6) is -0.815. The zero-order chi connectivity index (χ0) is 19.7. The minimum atomic E-state index is -0.722. The van der Waals surface area contributed by atoms with Crippen molar-refractivity contribution in [2.75, 3.05) is 5.32 Å². The lowest BCUT2D eigenvalue weighted by Gasteiger charge is -2.06. The Morgan fingerprint density at radius 1 is 1.11 bits per heavy atom. The Balaban J connectivity index is 1.69. The van der Waals surface area contributed by atoms with Gasteiger partial charge in [-0.25, -0.2) is 4.98 Å². The first-order valence-corrected chi connectivity index (χ1v) is 9.09. The molecule has 0 fully saturated rings. The van der Waals surface area contributed by atoms with Crippen LogP contribution < -0.4 is 5.32 Å². The number of para-hydroxylation sites is 1. The minimum absolute atomic E-state index is 0.159. The summed E-state index contributed by atoms with van der Waals surface area (Å²) in [5.41, 5.74) is 1.82. The lowest BCUT2D eigenvalue weighted by Crippen LogP contribution is -2.13. The van der Waals surface area contributed by atoms with E-state index < -0.39 is 11.9 Å². The molecule has 0 aliphatic carbocycles. The number of benzene rings is 2. The number of anilines is 1. The first kappa shape index (κ1) is 18.4. The van der Waals surface area contributed by atoms with Gasteiger partial charge in [-0.05, 0) is 35.9 Å². The van der Waals surface area contributed by atoms with Crippen LogP contribution >= 0.6 is 23.2 Å². The highest BCUT2D eigenvalue weighted by Gasteiger charge is 2.15. The van der Waals surface area contributed by atoms with Crippen LogP contribution in [0, 0.1) is 5.95 Å². The van der Waals surface area contributed by atoms with Crippen LogP contribution in [-0.2, 0) is 6.54 Å². The van der Waals surface area contributed by atoms with Crippen LogP contribution in [0.2, 0.25) is 10.0 Å². The van der Waals surface area contributed by atoms with Crippen molar-refractivity contribution in [3.8, 4) is 0 Å². The third-order valence-electron chi connectivity index (χ3n) is 4.21. The molecule has 0 aliphatic heterocycles. The van der Waals surface area contributed by atoms with Gasteiger partial charge in [0.25, 0.3) is 5.91 Å². The number of nitrogens with zero attached hydrogens (tertiary/aromatic N) is 3.